The van der Waals surface area contributed by atoms with Crippen LogP contribution < -0.4 is 5.32 Å². The molecule has 0 aliphatic heterocycles. The Labute approximate surface area is 94.9 Å². The highest BCUT2D eigenvalue weighted by atomic mass is 19.1. The maximum Gasteiger partial charge on any atom is 0.165 e. The van der Waals surface area contributed by atoms with Crippen LogP contribution in [0, 0.1) is 5.82 Å². The van der Waals surface area contributed by atoms with E-state index in [1.807, 2.05) is 13.8 Å². The summed E-state index contributed by atoms with van der Waals surface area (Å²) in [4.78, 5) is 0. The lowest BCUT2D eigenvalue weighted by atomic mass is 10.00. The van der Waals surface area contributed by atoms with Crippen molar-refractivity contribution in [2.75, 3.05) is 6.61 Å². The van der Waals surface area contributed by atoms with Gasteiger partial charge in [-0.15, -0.1) is 0 Å². The van der Waals surface area contributed by atoms with Gasteiger partial charge in [-0.3, -0.25) is 0 Å². The number of rotatable bonds is 5. The van der Waals surface area contributed by atoms with E-state index in [1.54, 1.807) is 6.07 Å². The minimum absolute atomic E-state index is 0.0318. The van der Waals surface area contributed by atoms with Gasteiger partial charge >= 0.3 is 0 Å². The van der Waals surface area contributed by atoms with Gasteiger partial charge < -0.3 is 15.5 Å². The zero-order valence-electron chi connectivity index (χ0n) is 9.63. The molecule has 0 bridgehead atoms. The van der Waals surface area contributed by atoms with Crippen molar-refractivity contribution in [1.29, 1.82) is 0 Å². The second-order valence-electron chi connectivity index (χ2n) is 4.21. The summed E-state index contributed by atoms with van der Waals surface area (Å²) in [6, 6.07) is 4.27. The summed E-state index contributed by atoms with van der Waals surface area (Å²) in [5.41, 5.74) is 0.386. The molecule has 1 atom stereocenters. The minimum Gasteiger partial charge on any atom is -0.505 e. The normalized spacial score (nSPS) is 14.8. The first-order valence-corrected chi connectivity index (χ1v) is 5.34. The largest absolute Gasteiger partial charge is 0.505 e. The molecule has 4 heteroatoms. The first-order chi connectivity index (χ1) is 7.50. The number of benzene rings is 1. The molecule has 0 spiro atoms. The maximum absolute atomic E-state index is 13.0. The number of nitrogens with one attached hydrogen (secondary N) is 1. The summed E-state index contributed by atoms with van der Waals surface area (Å²) < 4.78 is 13.0. The highest BCUT2D eigenvalue weighted by molar-refractivity contribution is 5.28. The fourth-order valence-corrected chi connectivity index (χ4v) is 1.27. The van der Waals surface area contributed by atoms with Crippen LogP contribution in [-0.4, -0.2) is 22.4 Å². The van der Waals surface area contributed by atoms with Crippen LogP contribution in [-0.2, 0) is 6.54 Å². The van der Waals surface area contributed by atoms with Gasteiger partial charge in [0.15, 0.2) is 11.6 Å². The number of phenolic OH excluding ortho intramolecular Hbond substituents is 1. The second-order valence-corrected chi connectivity index (χ2v) is 4.21. The SMILES string of the molecule is CCC(C)(CO)NCc1ccc(O)c(F)c1. The third-order valence-corrected chi connectivity index (χ3v) is 2.86. The van der Waals surface area contributed by atoms with Crippen LogP contribution in [0.15, 0.2) is 18.2 Å². The van der Waals surface area contributed by atoms with Gasteiger partial charge in [0.1, 0.15) is 0 Å². The summed E-state index contributed by atoms with van der Waals surface area (Å²) in [5.74, 6) is -0.967. The van der Waals surface area contributed by atoms with E-state index in [-0.39, 0.29) is 17.9 Å². The number of hydrogen-bond acceptors (Lipinski definition) is 3. The summed E-state index contributed by atoms with van der Waals surface area (Å²) in [6.07, 6.45) is 0.782. The average Bonchev–Trinajstić information content (AvgIpc) is 2.30. The molecule has 0 radical (unpaired) electrons. The van der Waals surface area contributed by atoms with E-state index in [9.17, 15) is 9.50 Å². The van der Waals surface area contributed by atoms with Crippen LogP contribution >= 0.6 is 0 Å². The van der Waals surface area contributed by atoms with Crippen molar-refractivity contribution in [2.24, 2.45) is 0 Å². The Hall–Kier alpha value is -1.13. The molecule has 0 saturated heterocycles. The predicted octanol–water partition coefficient (Wildman–Crippen LogP) is 1.78. The third kappa shape index (κ3) is 3.18. The Kier molecular flexibility index (Phi) is 4.26. The Morgan fingerprint density at radius 1 is 1.44 bits per heavy atom. The van der Waals surface area contributed by atoms with Crippen LogP contribution in [0.1, 0.15) is 25.8 Å². The number of aliphatic hydroxyl groups excluding tert-OH is 1. The molecule has 0 aliphatic carbocycles. The average molecular weight is 227 g/mol. The summed E-state index contributed by atoms with van der Waals surface area (Å²) in [7, 11) is 0. The molecule has 0 aliphatic rings. The van der Waals surface area contributed by atoms with E-state index in [1.165, 1.54) is 12.1 Å². The van der Waals surface area contributed by atoms with Gasteiger partial charge in [0.2, 0.25) is 0 Å². The molecule has 0 saturated carbocycles. The third-order valence-electron chi connectivity index (χ3n) is 2.86. The number of halogens is 1. The maximum atomic E-state index is 13.0. The highest BCUT2D eigenvalue weighted by Gasteiger charge is 2.19. The van der Waals surface area contributed by atoms with E-state index >= 15 is 0 Å². The molecule has 1 unspecified atom stereocenters. The van der Waals surface area contributed by atoms with Crippen molar-refractivity contribution >= 4 is 0 Å². The summed E-state index contributed by atoms with van der Waals surface area (Å²) in [6.45, 7) is 4.37. The van der Waals surface area contributed by atoms with Gasteiger partial charge in [-0.05, 0) is 31.0 Å². The van der Waals surface area contributed by atoms with Crippen molar-refractivity contribution in [3.05, 3.63) is 29.6 Å². The monoisotopic (exact) mass is 227 g/mol. The summed E-state index contributed by atoms with van der Waals surface area (Å²) >= 11 is 0. The van der Waals surface area contributed by atoms with Crippen molar-refractivity contribution in [2.45, 2.75) is 32.4 Å². The summed E-state index contributed by atoms with van der Waals surface area (Å²) in [5, 5.41) is 21.4. The van der Waals surface area contributed by atoms with Gasteiger partial charge in [0, 0.05) is 12.1 Å². The minimum atomic E-state index is -0.624. The molecule has 0 fully saturated rings. The van der Waals surface area contributed by atoms with Crippen LogP contribution in [0.5, 0.6) is 5.75 Å². The zero-order chi connectivity index (χ0) is 12.2. The van der Waals surface area contributed by atoms with E-state index in [0.717, 1.165) is 12.0 Å². The van der Waals surface area contributed by atoms with Gasteiger partial charge in [-0.1, -0.05) is 13.0 Å². The standard InChI is InChI=1S/C12H18FNO2/c1-3-12(2,8-15)14-7-9-4-5-11(16)10(13)6-9/h4-6,14-16H,3,7-8H2,1-2H3. The van der Waals surface area contributed by atoms with Gasteiger partial charge in [-0.25, -0.2) is 4.39 Å². The molecule has 0 heterocycles. The smallest absolute Gasteiger partial charge is 0.165 e. The van der Waals surface area contributed by atoms with Crippen LogP contribution in [0.4, 0.5) is 4.39 Å². The Morgan fingerprint density at radius 2 is 2.12 bits per heavy atom. The fourth-order valence-electron chi connectivity index (χ4n) is 1.27. The lowest BCUT2D eigenvalue weighted by Gasteiger charge is -2.27. The lowest BCUT2D eigenvalue weighted by Crippen LogP contribution is -2.44. The molecule has 16 heavy (non-hydrogen) atoms. The molecular formula is C12H18FNO2. The topological polar surface area (TPSA) is 52.5 Å². The quantitative estimate of drug-likeness (QED) is 0.718. The van der Waals surface area contributed by atoms with E-state index < -0.39 is 5.82 Å². The van der Waals surface area contributed by atoms with Gasteiger partial charge in [0.05, 0.1) is 6.61 Å². The fraction of sp³-hybridized carbons (Fsp3) is 0.500. The van der Waals surface area contributed by atoms with Crippen molar-refractivity contribution in [1.82, 2.24) is 5.32 Å². The Morgan fingerprint density at radius 3 is 2.62 bits per heavy atom. The second kappa shape index (κ2) is 5.27. The van der Waals surface area contributed by atoms with Crippen LogP contribution in [0.2, 0.25) is 0 Å². The molecule has 1 aromatic carbocycles. The molecule has 1 rings (SSSR count). The van der Waals surface area contributed by atoms with Gasteiger partial charge in [0.25, 0.3) is 0 Å². The first kappa shape index (κ1) is 12.9. The Bertz CT molecular complexity index is 351. The van der Waals surface area contributed by atoms with Crippen molar-refractivity contribution in [3.8, 4) is 5.75 Å². The zero-order valence-corrected chi connectivity index (χ0v) is 9.63. The van der Waals surface area contributed by atoms with E-state index in [0.29, 0.717) is 6.54 Å². The van der Waals surface area contributed by atoms with Crippen LogP contribution in [0.3, 0.4) is 0 Å². The van der Waals surface area contributed by atoms with Gasteiger partial charge in [-0.2, -0.15) is 0 Å². The molecule has 0 amide bonds. The van der Waals surface area contributed by atoms with Crippen molar-refractivity contribution < 1.29 is 14.6 Å². The number of aromatic hydroxyl groups is 1. The molecule has 3 N–H and O–H groups in total. The molecule has 90 valence electrons. The van der Waals surface area contributed by atoms with Crippen molar-refractivity contribution in [3.63, 3.8) is 0 Å². The number of phenols is 1. The van der Waals surface area contributed by atoms with E-state index in [4.69, 9.17) is 5.11 Å². The first-order valence-electron chi connectivity index (χ1n) is 5.34. The molecular weight excluding hydrogens is 209 g/mol. The predicted molar refractivity (Wildman–Crippen MR) is 60.7 cm³/mol. The molecule has 0 aromatic heterocycles. The lowest BCUT2D eigenvalue weighted by molar-refractivity contribution is 0.169. The highest BCUT2D eigenvalue weighted by Crippen LogP contribution is 2.17. The van der Waals surface area contributed by atoms with Crippen LogP contribution in [0.25, 0.3) is 0 Å². The molecule has 3 nitrogen and oxygen atoms in total. The number of hydrogen-bond donors (Lipinski definition) is 3. The number of aliphatic hydroxyl groups is 1. The van der Waals surface area contributed by atoms with E-state index in [2.05, 4.69) is 5.32 Å². The Balaban J connectivity index is 2.64. The molecule has 1 aromatic rings.